The Hall–Kier alpha value is -1.68. The average Bonchev–Trinajstić information content (AvgIpc) is 2.20. The van der Waals surface area contributed by atoms with E-state index in [-0.39, 0.29) is 6.42 Å². The highest BCUT2D eigenvalue weighted by Crippen LogP contribution is 2.13. The minimum Gasteiger partial charge on any atom is -0.481 e. The number of carbonyl (C=O) groups is 1. The van der Waals surface area contributed by atoms with E-state index in [1.54, 1.807) is 24.3 Å². The summed E-state index contributed by atoms with van der Waals surface area (Å²) < 4.78 is 13.5. The molecule has 0 amide bonds. The lowest BCUT2D eigenvalue weighted by molar-refractivity contribution is -0.136. The Kier molecular flexibility index (Phi) is 4.66. The van der Waals surface area contributed by atoms with E-state index < -0.39 is 11.8 Å². The maximum absolute atomic E-state index is 13.5. The first-order valence-electron chi connectivity index (χ1n) is 5.00. The Morgan fingerprint density at radius 1 is 1.50 bits per heavy atom. The van der Waals surface area contributed by atoms with Crippen molar-refractivity contribution in [2.24, 2.45) is 5.73 Å². The molecule has 86 valence electrons. The van der Waals surface area contributed by atoms with E-state index in [0.717, 1.165) is 0 Å². The third kappa shape index (κ3) is 3.82. The van der Waals surface area contributed by atoms with Crippen LogP contribution in [0.15, 0.2) is 24.3 Å². The molecule has 4 heteroatoms. The van der Waals surface area contributed by atoms with Crippen LogP contribution in [0.1, 0.15) is 17.5 Å². The molecular weight excluding hydrogens is 209 g/mol. The SMILES string of the molecule is NCCC=Cc1ccc(CC(=O)O)cc1F. The molecule has 3 nitrogen and oxygen atoms in total. The zero-order valence-corrected chi connectivity index (χ0v) is 8.82. The van der Waals surface area contributed by atoms with E-state index in [1.165, 1.54) is 6.07 Å². The van der Waals surface area contributed by atoms with Gasteiger partial charge < -0.3 is 10.8 Å². The molecule has 0 aliphatic heterocycles. The van der Waals surface area contributed by atoms with Crippen molar-refractivity contribution in [3.8, 4) is 0 Å². The van der Waals surface area contributed by atoms with Crippen molar-refractivity contribution in [2.75, 3.05) is 6.54 Å². The van der Waals surface area contributed by atoms with E-state index in [1.807, 2.05) is 0 Å². The summed E-state index contributed by atoms with van der Waals surface area (Å²) >= 11 is 0. The molecule has 1 rings (SSSR count). The Balaban J connectivity index is 2.79. The van der Waals surface area contributed by atoms with Gasteiger partial charge in [-0.3, -0.25) is 4.79 Å². The van der Waals surface area contributed by atoms with Crippen LogP contribution >= 0.6 is 0 Å². The average molecular weight is 223 g/mol. The number of hydrogen-bond donors (Lipinski definition) is 2. The summed E-state index contributed by atoms with van der Waals surface area (Å²) in [4.78, 5) is 10.4. The Morgan fingerprint density at radius 3 is 2.81 bits per heavy atom. The van der Waals surface area contributed by atoms with Crippen LogP contribution in [-0.2, 0) is 11.2 Å². The van der Waals surface area contributed by atoms with Crippen LogP contribution in [0.3, 0.4) is 0 Å². The van der Waals surface area contributed by atoms with E-state index in [2.05, 4.69) is 0 Å². The lowest BCUT2D eigenvalue weighted by Gasteiger charge is -2.00. The first-order chi connectivity index (χ1) is 7.63. The monoisotopic (exact) mass is 223 g/mol. The van der Waals surface area contributed by atoms with Gasteiger partial charge in [0.05, 0.1) is 6.42 Å². The third-order valence-electron chi connectivity index (χ3n) is 2.05. The topological polar surface area (TPSA) is 63.3 Å². The highest BCUT2D eigenvalue weighted by molar-refractivity contribution is 5.70. The van der Waals surface area contributed by atoms with Crippen LogP contribution < -0.4 is 5.73 Å². The highest BCUT2D eigenvalue weighted by atomic mass is 19.1. The third-order valence-corrected chi connectivity index (χ3v) is 2.05. The molecule has 0 unspecified atom stereocenters. The van der Waals surface area contributed by atoms with Gasteiger partial charge in [-0.25, -0.2) is 4.39 Å². The molecule has 3 N–H and O–H groups in total. The van der Waals surface area contributed by atoms with Crippen molar-refractivity contribution < 1.29 is 14.3 Å². The lowest BCUT2D eigenvalue weighted by Crippen LogP contribution is -2.00. The van der Waals surface area contributed by atoms with Crippen LogP contribution in [0.25, 0.3) is 6.08 Å². The summed E-state index contributed by atoms with van der Waals surface area (Å²) in [6.07, 6.45) is 3.96. The first kappa shape index (κ1) is 12.4. The second-order valence-electron chi connectivity index (χ2n) is 3.41. The number of carboxylic acid groups (broad SMARTS) is 1. The fraction of sp³-hybridized carbons (Fsp3) is 0.250. The molecule has 0 heterocycles. The van der Waals surface area contributed by atoms with Gasteiger partial charge >= 0.3 is 5.97 Å². The van der Waals surface area contributed by atoms with Crippen LogP contribution in [0, 0.1) is 5.82 Å². The second-order valence-corrected chi connectivity index (χ2v) is 3.41. The maximum atomic E-state index is 13.5. The Labute approximate surface area is 93.4 Å². The van der Waals surface area contributed by atoms with Gasteiger partial charge in [0.2, 0.25) is 0 Å². The lowest BCUT2D eigenvalue weighted by atomic mass is 10.1. The van der Waals surface area contributed by atoms with E-state index in [4.69, 9.17) is 10.8 Å². The van der Waals surface area contributed by atoms with Gasteiger partial charge in [0.25, 0.3) is 0 Å². The minimum absolute atomic E-state index is 0.163. The molecule has 0 saturated heterocycles. The number of nitrogens with two attached hydrogens (primary N) is 1. The van der Waals surface area contributed by atoms with Gasteiger partial charge in [-0.2, -0.15) is 0 Å². The van der Waals surface area contributed by atoms with Crippen LogP contribution in [0.2, 0.25) is 0 Å². The largest absolute Gasteiger partial charge is 0.481 e. The van der Waals surface area contributed by atoms with Crippen molar-refractivity contribution in [1.29, 1.82) is 0 Å². The van der Waals surface area contributed by atoms with Gasteiger partial charge in [-0.1, -0.05) is 24.3 Å². The molecule has 0 aliphatic carbocycles. The molecule has 0 radical (unpaired) electrons. The summed E-state index contributed by atoms with van der Waals surface area (Å²) in [7, 11) is 0. The van der Waals surface area contributed by atoms with E-state index >= 15 is 0 Å². The molecule has 0 bridgehead atoms. The summed E-state index contributed by atoms with van der Waals surface area (Å²) in [6, 6.07) is 4.43. The van der Waals surface area contributed by atoms with Gasteiger partial charge in [0.1, 0.15) is 5.82 Å². The minimum atomic E-state index is -0.967. The van der Waals surface area contributed by atoms with Crippen molar-refractivity contribution >= 4 is 12.0 Å². The standard InChI is InChI=1S/C12H14FNO2/c13-11-7-9(8-12(15)16)4-5-10(11)3-1-2-6-14/h1,3-5,7H,2,6,8,14H2,(H,15,16). The Morgan fingerprint density at radius 2 is 2.25 bits per heavy atom. The fourth-order valence-electron chi connectivity index (χ4n) is 1.30. The summed E-state index contributed by atoms with van der Waals surface area (Å²) in [6.45, 7) is 0.523. The number of halogens is 1. The van der Waals surface area contributed by atoms with Gasteiger partial charge in [-0.05, 0) is 24.6 Å². The van der Waals surface area contributed by atoms with Crippen LogP contribution in [0.4, 0.5) is 4.39 Å². The van der Waals surface area contributed by atoms with E-state index in [9.17, 15) is 9.18 Å². The summed E-state index contributed by atoms with van der Waals surface area (Å²) in [5.74, 6) is -1.38. The molecular formula is C12H14FNO2. The molecule has 1 aromatic rings. The smallest absolute Gasteiger partial charge is 0.307 e. The first-order valence-corrected chi connectivity index (χ1v) is 5.00. The molecule has 0 atom stereocenters. The Bertz CT molecular complexity index is 402. The van der Waals surface area contributed by atoms with Gasteiger partial charge in [0.15, 0.2) is 0 Å². The summed E-state index contributed by atoms with van der Waals surface area (Å²) in [5, 5.41) is 8.55. The van der Waals surface area contributed by atoms with Crippen molar-refractivity contribution in [3.63, 3.8) is 0 Å². The molecule has 0 fully saturated rings. The van der Waals surface area contributed by atoms with Crippen molar-refractivity contribution in [2.45, 2.75) is 12.8 Å². The molecule has 0 aromatic heterocycles. The molecule has 0 spiro atoms. The highest BCUT2D eigenvalue weighted by Gasteiger charge is 2.04. The number of rotatable bonds is 5. The van der Waals surface area contributed by atoms with E-state index in [0.29, 0.717) is 24.1 Å². The zero-order valence-electron chi connectivity index (χ0n) is 8.82. The normalized spacial score (nSPS) is 10.9. The number of benzene rings is 1. The summed E-state index contributed by atoms with van der Waals surface area (Å²) in [5.41, 5.74) is 6.21. The van der Waals surface area contributed by atoms with Crippen molar-refractivity contribution in [1.82, 2.24) is 0 Å². The maximum Gasteiger partial charge on any atom is 0.307 e. The van der Waals surface area contributed by atoms with Crippen LogP contribution in [-0.4, -0.2) is 17.6 Å². The molecule has 1 aromatic carbocycles. The van der Waals surface area contributed by atoms with Gasteiger partial charge in [0, 0.05) is 5.56 Å². The number of hydrogen-bond acceptors (Lipinski definition) is 2. The van der Waals surface area contributed by atoms with Gasteiger partial charge in [-0.15, -0.1) is 0 Å². The number of aliphatic carboxylic acids is 1. The van der Waals surface area contributed by atoms with Crippen molar-refractivity contribution in [3.05, 3.63) is 41.2 Å². The molecule has 0 saturated carbocycles. The molecule has 0 aliphatic rings. The number of carboxylic acids is 1. The van der Waals surface area contributed by atoms with Crippen LogP contribution in [0.5, 0.6) is 0 Å². The zero-order chi connectivity index (χ0) is 12.0. The fourth-order valence-corrected chi connectivity index (χ4v) is 1.30. The predicted octanol–water partition coefficient (Wildman–Crippen LogP) is 1.81. The quantitative estimate of drug-likeness (QED) is 0.800. The molecule has 16 heavy (non-hydrogen) atoms. The second kappa shape index (κ2) is 6.02. The predicted molar refractivity (Wildman–Crippen MR) is 60.4 cm³/mol.